The molecule has 1 aliphatic carbocycles. The Kier molecular flexibility index (Phi) is 4.30. The van der Waals surface area contributed by atoms with Crippen LogP contribution in [0.4, 0.5) is 5.69 Å². The molecule has 0 amide bonds. The van der Waals surface area contributed by atoms with Crippen molar-refractivity contribution in [1.29, 1.82) is 0 Å². The summed E-state index contributed by atoms with van der Waals surface area (Å²) >= 11 is 6.36. The van der Waals surface area contributed by atoms with E-state index in [0.717, 1.165) is 17.1 Å². The van der Waals surface area contributed by atoms with Gasteiger partial charge in [-0.1, -0.05) is 31.0 Å². The minimum Gasteiger partial charge on any atom is -0.367 e. The van der Waals surface area contributed by atoms with Gasteiger partial charge in [-0.2, -0.15) is 0 Å². The first-order valence-corrected chi connectivity index (χ1v) is 6.89. The van der Waals surface area contributed by atoms with Gasteiger partial charge in [-0.3, -0.25) is 0 Å². The van der Waals surface area contributed by atoms with E-state index in [0.29, 0.717) is 12.6 Å². The van der Waals surface area contributed by atoms with Gasteiger partial charge in [-0.05, 0) is 37.0 Å². The van der Waals surface area contributed by atoms with Crippen molar-refractivity contribution in [3.05, 3.63) is 28.8 Å². The Balaban J connectivity index is 2.16. The van der Waals surface area contributed by atoms with Gasteiger partial charge >= 0.3 is 0 Å². The number of nitrogens with two attached hydrogens (primary N) is 1. The molecule has 1 aromatic carbocycles. The lowest BCUT2D eigenvalue weighted by molar-refractivity contribution is 0.713. The van der Waals surface area contributed by atoms with Crippen LogP contribution in [0.15, 0.2) is 18.2 Å². The van der Waals surface area contributed by atoms with Crippen LogP contribution in [-0.4, -0.2) is 12.6 Å². The van der Waals surface area contributed by atoms with E-state index in [-0.39, 0.29) is 0 Å². The maximum absolute atomic E-state index is 6.36. The molecule has 0 heterocycles. The average Bonchev–Trinajstić information content (AvgIpc) is 3.15. The third kappa shape index (κ3) is 3.14. The molecule has 0 bridgehead atoms. The monoisotopic (exact) mass is 252 g/mol. The summed E-state index contributed by atoms with van der Waals surface area (Å²) in [6.07, 6.45) is 5.06. The van der Waals surface area contributed by atoms with Crippen LogP contribution in [0.1, 0.15) is 38.2 Å². The maximum atomic E-state index is 6.36. The molecule has 0 aromatic heterocycles. The number of halogens is 1. The van der Waals surface area contributed by atoms with Crippen molar-refractivity contribution in [1.82, 2.24) is 0 Å². The molecule has 0 spiro atoms. The molecule has 94 valence electrons. The van der Waals surface area contributed by atoms with Gasteiger partial charge in [0, 0.05) is 19.1 Å². The number of nitrogens with zero attached hydrogens (tertiary/aromatic N) is 1. The van der Waals surface area contributed by atoms with Gasteiger partial charge in [-0.25, -0.2) is 0 Å². The van der Waals surface area contributed by atoms with E-state index in [2.05, 4.69) is 24.0 Å². The number of hydrogen-bond acceptors (Lipinski definition) is 2. The maximum Gasteiger partial charge on any atom is 0.0642 e. The summed E-state index contributed by atoms with van der Waals surface area (Å²) in [5.74, 6) is 0. The van der Waals surface area contributed by atoms with Crippen LogP contribution in [0.5, 0.6) is 0 Å². The van der Waals surface area contributed by atoms with E-state index < -0.39 is 0 Å². The Labute approximate surface area is 109 Å². The summed E-state index contributed by atoms with van der Waals surface area (Å²) in [6.45, 7) is 3.89. The second-order valence-corrected chi connectivity index (χ2v) is 5.18. The highest BCUT2D eigenvalue weighted by atomic mass is 35.5. The number of hydrogen-bond donors (Lipinski definition) is 1. The Hall–Kier alpha value is -0.730. The lowest BCUT2D eigenvalue weighted by atomic mass is 10.2. The van der Waals surface area contributed by atoms with E-state index in [1.807, 2.05) is 6.07 Å². The number of anilines is 1. The molecular weight excluding hydrogens is 232 g/mol. The van der Waals surface area contributed by atoms with Crippen molar-refractivity contribution in [3.8, 4) is 0 Å². The quantitative estimate of drug-likeness (QED) is 0.839. The SMILES string of the molecule is CCCCN(c1ccc(CN)cc1Cl)C1CC1. The first kappa shape index (κ1) is 12.7. The molecule has 17 heavy (non-hydrogen) atoms. The predicted molar refractivity (Wildman–Crippen MR) is 74.6 cm³/mol. The van der Waals surface area contributed by atoms with Crippen molar-refractivity contribution in [2.75, 3.05) is 11.4 Å². The third-order valence-corrected chi connectivity index (χ3v) is 3.60. The highest BCUT2D eigenvalue weighted by Gasteiger charge is 2.29. The predicted octanol–water partition coefficient (Wildman–Crippen LogP) is 3.57. The van der Waals surface area contributed by atoms with Crippen LogP contribution in [-0.2, 0) is 6.54 Å². The molecule has 1 aromatic rings. The van der Waals surface area contributed by atoms with Gasteiger partial charge in [0.15, 0.2) is 0 Å². The lowest BCUT2D eigenvalue weighted by Crippen LogP contribution is -2.27. The van der Waals surface area contributed by atoms with E-state index >= 15 is 0 Å². The molecule has 2 N–H and O–H groups in total. The van der Waals surface area contributed by atoms with Crippen molar-refractivity contribution in [2.45, 2.75) is 45.2 Å². The van der Waals surface area contributed by atoms with E-state index in [9.17, 15) is 0 Å². The second kappa shape index (κ2) is 5.74. The molecule has 0 radical (unpaired) electrons. The van der Waals surface area contributed by atoms with Gasteiger partial charge in [0.1, 0.15) is 0 Å². The fourth-order valence-corrected chi connectivity index (χ4v) is 2.44. The van der Waals surface area contributed by atoms with Crippen LogP contribution < -0.4 is 10.6 Å². The van der Waals surface area contributed by atoms with Gasteiger partial charge in [0.25, 0.3) is 0 Å². The van der Waals surface area contributed by atoms with Gasteiger partial charge in [-0.15, -0.1) is 0 Å². The molecular formula is C14H21ClN2. The van der Waals surface area contributed by atoms with Crippen molar-refractivity contribution in [2.24, 2.45) is 5.73 Å². The first-order chi connectivity index (χ1) is 8.26. The van der Waals surface area contributed by atoms with Crippen LogP contribution in [0.2, 0.25) is 5.02 Å². The molecule has 0 unspecified atom stereocenters. The van der Waals surface area contributed by atoms with E-state index in [1.165, 1.54) is 31.4 Å². The minimum atomic E-state index is 0.554. The summed E-state index contributed by atoms with van der Waals surface area (Å²) in [5.41, 5.74) is 7.91. The fraction of sp³-hybridized carbons (Fsp3) is 0.571. The first-order valence-electron chi connectivity index (χ1n) is 6.51. The van der Waals surface area contributed by atoms with E-state index in [1.54, 1.807) is 0 Å². The summed E-state index contributed by atoms with van der Waals surface area (Å²) in [5, 5.41) is 0.843. The molecule has 2 rings (SSSR count). The van der Waals surface area contributed by atoms with Crippen LogP contribution in [0.25, 0.3) is 0 Å². The largest absolute Gasteiger partial charge is 0.367 e. The summed E-state index contributed by atoms with van der Waals surface area (Å²) in [7, 11) is 0. The normalized spacial score (nSPS) is 15.0. The number of rotatable bonds is 6. The van der Waals surface area contributed by atoms with Crippen molar-refractivity contribution >= 4 is 17.3 Å². The second-order valence-electron chi connectivity index (χ2n) is 4.77. The molecule has 0 aliphatic heterocycles. The van der Waals surface area contributed by atoms with Crippen molar-refractivity contribution < 1.29 is 0 Å². The molecule has 1 aliphatic rings. The van der Waals surface area contributed by atoms with Crippen LogP contribution in [0.3, 0.4) is 0 Å². The van der Waals surface area contributed by atoms with E-state index in [4.69, 9.17) is 17.3 Å². The topological polar surface area (TPSA) is 29.3 Å². The Morgan fingerprint density at radius 1 is 1.41 bits per heavy atom. The summed E-state index contributed by atoms with van der Waals surface area (Å²) < 4.78 is 0. The highest BCUT2D eigenvalue weighted by molar-refractivity contribution is 6.33. The van der Waals surface area contributed by atoms with Crippen molar-refractivity contribution in [3.63, 3.8) is 0 Å². The lowest BCUT2D eigenvalue weighted by Gasteiger charge is -2.26. The van der Waals surface area contributed by atoms with Gasteiger partial charge in [0.2, 0.25) is 0 Å². The smallest absolute Gasteiger partial charge is 0.0642 e. The zero-order valence-electron chi connectivity index (χ0n) is 10.5. The molecule has 0 atom stereocenters. The summed E-state index contributed by atoms with van der Waals surface area (Å²) in [4.78, 5) is 2.46. The summed E-state index contributed by atoms with van der Waals surface area (Å²) in [6, 6.07) is 6.92. The Morgan fingerprint density at radius 2 is 2.18 bits per heavy atom. The fourth-order valence-electron chi connectivity index (χ4n) is 2.12. The third-order valence-electron chi connectivity index (χ3n) is 3.30. The average molecular weight is 253 g/mol. The zero-order valence-corrected chi connectivity index (χ0v) is 11.2. The minimum absolute atomic E-state index is 0.554. The van der Waals surface area contributed by atoms with Crippen LogP contribution >= 0.6 is 11.6 Å². The molecule has 3 heteroatoms. The molecule has 1 saturated carbocycles. The Bertz CT molecular complexity index is 374. The standard InChI is InChI=1S/C14H21ClN2/c1-2-3-8-17(12-5-6-12)14-7-4-11(10-16)9-13(14)15/h4,7,9,12H,2-3,5-6,8,10,16H2,1H3. The van der Waals surface area contributed by atoms with Gasteiger partial charge in [0.05, 0.1) is 10.7 Å². The molecule has 0 saturated heterocycles. The molecule has 1 fully saturated rings. The number of benzene rings is 1. The Morgan fingerprint density at radius 3 is 2.71 bits per heavy atom. The molecule has 2 nitrogen and oxygen atoms in total. The number of unbranched alkanes of at least 4 members (excludes halogenated alkanes) is 1. The highest BCUT2D eigenvalue weighted by Crippen LogP contribution is 2.36. The van der Waals surface area contributed by atoms with Crippen LogP contribution in [0, 0.1) is 0 Å². The van der Waals surface area contributed by atoms with Gasteiger partial charge < -0.3 is 10.6 Å². The zero-order chi connectivity index (χ0) is 12.3.